The summed E-state index contributed by atoms with van der Waals surface area (Å²) in [5, 5.41) is 2.85. The zero-order valence-corrected chi connectivity index (χ0v) is 10.6. The Kier molecular flexibility index (Phi) is 3.36. The van der Waals surface area contributed by atoms with Crippen LogP contribution in [0.3, 0.4) is 0 Å². The van der Waals surface area contributed by atoms with E-state index < -0.39 is 0 Å². The van der Waals surface area contributed by atoms with Gasteiger partial charge in [0.1, 0.15) is 11.5 Å². The van der Waals surface area contributed by atoms with Gasteiger partial charge < -0.3 is 20.2 Å². The normalized spacial score (nSPS) is 10.6. The van der Waals surface area contributed by atoms with Crippen molar-refractivity contribution in [2.24, 2.45) is 14.1 Å². The van der Waals surface area contributed by atoms with Crippen LogP contribution in [0.4, 0.5) is 5.69 Å². The summed E-state index contributed by atoms with van der Waals surface area (Å²) in [4.78, 5) is 16.1. The van der Waals surface area contributed by atoms with Gasteiger partial charge in [-0.2, -0.15) is 0 Å². The maximum absolute atomic E-state index is 11.9. The molecule has 2 rings (SSSR count). The first kappa shape index (κ1) is 12.2. The largest absolute Gasteiger partial charge is 0.397 e. The topological polar surface area (TPSA) is 77.9 Å². The highest BCUT2D eigenvalue weighted by Gasteiger charge is 2.10. The fraction of sp³-hybridized carbons (Fsp3) is 0.333. The molecule has 6 nitrogen and oxygen atoms in total. The van der Waals surface area contributed by atoms with E-state index in [0.717, 1.165) is 5.82 Å². The number of hydrogen-bond donors (Lipinski definition) is 2. The second-order valence-electron chi connectivity index (χ2n) is 4.23. The Morgan fingerprint density at radius 3 is 2.78 bits per heavy atom. The first-order chi connectivity index (χ1) is 8.58. The number of nitrogens with one attached hydrogen (secondary N) is 1. The molecule has 0 fully saturated rings. The SMILES string of the molecule is Cn1cc(N)cc1C(=O)NCCc1nccn1C. The van der Waals surface area contributed by atoms with Crippen LogP contribution in [0.25, 0.3) is 0 Å². The van der Waals surface area contributed by atoms with Crippen LogP contribution in [-0.2, 0) is 20.5 Å². The van der Waals surface area contributed by atoms with Crippen molar-refractivity contribution in [2.75, 3.05) is 12.3 Å². The van der Waals surface area contributed by atoms with Crippen molar-refractivity contribution >= 4 is 11.6 Å². The number of hydrogen-bond acceptors (Lipinski definition) is 3. The fourth-order valence-electron chi connectivity index (χ4n) is 1.83. The van der Waals surface area contributed by atoms with Crippen molar-refractivity contribution in [3.05, 3.63) is 36.2 Å². The summed E-state index contributed by atoms with van der Waals surface area (Å²) in [5.74, 6) is 0.824. The van der Waals surface area contributed by atoms with Crippen LogP contribution in [0, 0.1) is 0 Å². The van der Waals surface area contributed by atoms with Crippen LogP contribution in [0.1, 0.15) is 16.3 Å². The van der Waals surface area contributed by atoms with Crippen LogP contribution in [0.15, 0.2) is 24.7 Å². The molecule has 96 valence electrons. The summed E-state index contributed by atoms with van der Waals surface area (Å²) < 4.78 is 3.65. The van der Waals surface area contributed by atoms with E-state index in [9.17, 15) is 4.79 Å². The van der Waals surface area contributed by atoms with Crippen LogP contribution in [-0.4, -0.2) is 26.6 Å². The van der Waals surface area contributed by atoms with Gasteiger partial charge in [-0.25, -0.2) is 4.98 Å². The van der Waals surface area contributed by atoms with Crippen molar-refractivity contribution in [2.45, 2.75) is 6.42 Å². The summed E-state index contributed by atoms with van der Waals surface area (Å²) in [6, 6.07) is 1.66. The van der Waals surface area contributed by atoms with Crippen molar-refractivity contribution in [3.8, 4) is 0 Å². The third kappa shape index (κ3) is 2.53. The molecule has 0 saturated heterocycles. The summed E-state index contributed by atoms with van der Waals surface area (Å²) in [5.41, 5.74) is 6.78. The number of carbonyl (C=O) groups is 1. The standard InChI is InChI=1S/C12H17N5O/c1-16-6-5-14-11(16)3-4-15-12(18)10-7-9(13)8-17(10)2/h5-8H,3-4,13H2,1-2H3,(H,15,18). The van der Waals surface area contributed by atoms with E-state index in [1.807, 2.05) is 17.8 Å². The van der Waals surface area contributed by atoms with Crippen molar-refractivity contribution < 1.29 is 4.79 Å². The van der Waals surface area contributed by atoms with Gasteiger partial charge in [0.05, 0.1) is 5.69 Å². The second kappa shape index (κ2) is 4.95. The molecule has 0 aliphatic rings. The number of anilines is 1. The highest BCUT2D eigenvalue weighted by molar-refractivity contribution is 5.93. The molecule has 0 radical (unpaired) electrons. The quantitative estimate of drug-likeness (QED) is 0.816. The zero-order chi connectivity index (χ0) is 13.1. The summed E-state index contributed by atoms with van der Waals surface area (Å²) in [6.45, 7) is 0.550. The highest BCUT2D eigenvalue weighted by atomic mass is 16.1. The Morgan fingerprint density at radius 2 is 2.22 bits per heavy atom. The first-order valence-electron chi connectivity index (χ1n) is 5.74. The molecular formula is C12H17N5O. The Balaban J connectivity index is 1.89. The number of nitrogens with two attached hydrogens (primary N) is 1. The van der Waals surface area contributed by atoms with E-state index in [2.05, 4.69) is 10.3 Å². The van der Waals surface area contributed by atoms with Gasteiger partial charge in [0.2, 0.25) is 0 Å². The van der Waals surface area contributed by atoms with Crippen molar-refractivity contribution in [1.82, 2.24) is 19.4 Å². The minimum Gasteiger partial charge on any atom is -0.397 e. The molecule has 18 heavy (non-hydrogen) atoms. The molecular weight excluding hydrogens is 230 g/mol. The van der Waals surface area contributed by atoms with E-state index in [1.54, 1.807) is 30.1 Å². The van der Waals surface area contributed by atoms with E-state index >= 15 is 0 Å². The lowest BCUT2D eigenvalue weighted by molar-refractivity contribution is 0.0946. The summed E-state index contributed by atoms with van der Waals surface area (Å²) >= 11 is 0. The van der Waals surface area contributed by atoms with Crippen LogP contribution < -0.4 is 11.1 Å². The lowest BCUT2D eigenvalue weighted by atomic mass is 10.3. The lowest BCUT2D eigenvalue weighted by Crippen LogP contribution is -2.27. The predicted octanol–water partition coefficient (Wildman–Crippen LogP) is 0.313. The number of imidazole rings is 1. The van der Waals surface area contributed by atoms with E-state index in [-0.39, 0.29) is 5.91 Å². The molecule has 0 aromatic carbocycles. The van der Waals surface area contributed by atoms with Gasteiger partial charge in [-0.3, -0.25) is 4.79 Å². The maximum Gasteiger partial charge on any atom is 0.267 e. The minimum atomic E-state index is -0.122. The molecule has 0 aliphatic heterocycles. The van der Waals surface area contributed by atoms with Crippen LogP contribution in [0.2, 0.25) is 0 Å². The third-order valence-electron chi connectivity index (χ3n) is 2.81. The monoisotopic (exact) mass is 247 g/mol. The van der Waals surface area contributed by atoms with E-state index in [4.69, 9.17) is 5.73 Å². The maximum atomic E-state index is 11.9. The van der Waals surface area contributed by atoms with Crippen LogP contribution in [0.5, 0.6) is 0 Å². The molecule has 2 aromatic rings. The van der Waals surface area contributed by atoms with Gasteiger partial charge in [-0.1, -0.05) is 0 Å². The number of rotatable bonds is 4. The molecule has 2 heterocycles. The smallest absolute Gasteiger partial charge is 0.267 e. The Morgan fingerprint density at radius 1 is 1.44 bits per heavy atom. The fourth-order valence-corrected chi connectivity index (χ4v) is 1.83. The molecule has 0 saturated carbocycles. The Hall–Kier alpha value is -2.24. The van der Waals surface area contributed by atoms with Crippen molar-refractivity contribution in [3.63, 3.8) is 0 Å². The van der Waals surface area contributed by atoms with Gasteiger partial charge in [-0.15, -0.1) is 0 Å². The van der Waals surface area contributed by atoms with Crippen LogP contribution >= 0.6 is 0 Å². The molecule has 0 spiro atoms. The summed E-state index contributed by atoms with van der Waals surface area (Å²) in [6.07, 6.45) is 6.05. The average Bonchev–Trinajstić information content (AvgIpc) is 2.85. The molecule has 3 N–H and O–H groups in total. The molecule has 1 amide bonds. The minimum absolute atomic E-state index is 0.122. The molecule has 0 atom stereocenters. The lowest BCUT2D eigenvalue weighted by Gasteiger charge is -2.06. The molecule has 0 aliphatic carbocycles. The number of aryl methyl sites for hydroxylation is 2. The molecule has 0 bridgehead atoms. The molecule has 0 unspecified atom stereocenters. The van der Waals surface area contributed by atoms with E-state index in [1.165, 1.54) is 0 Å². The number of carbonyl (C=O) groups excluding carboxylic acids is 1. The number of nitrogens with zero attached hydrogens (tertiary/aromatic N) is 3. The molecule has 6 heteroatoms. The van der Waals surface area contributed by atoms with Gasteiger partial charge >= 0.3 is 0 Å². The van der Waals surface area contributed by atoms with Crippen molar-refractivity contribution in [1.29, 1.82) is 0 Å². The highest BCUT2D eigenvalue weighted by Crippen LogP contribution is 2.08. The van der Waals surface area contributed by atoms with E-state index in [0.29, 0.717) is 24.3 Å². The Labute approximate surface area is 105 Å². The number of amides is 1. The molecule has 2 aromatic heterocycles. The van der Waals surface area contributed by atoms with Gasteiger partial charge in [-0.05, 0) is 6.07 Å². The zero-order valence-electron chi connectivity index (χ0n) is 10.6. The summed E-state index contributed by atoms with van der Waals surface area (Å²) in [7, 11) is 3.73. The average molecular weight is 247 g/mol. The Bertz CT molecular complexity index is 555. The predicted molar refractivity (Wildman–Crippen MR) is 69.1 cm³/mol. The van der Waals surface area contributed by atoms with Gasteiger partial charge in [0, 0.05) is 45.7 Å². The second-order valence-corrected chi connectivity index (χ2v) is 4.23. The number of aromatic nitrogens is 3. The van der Waals surface area contributed by atoms with Gasteiger partial charge in [0.25, 0.3) is 5.91 Å². The van der Waals surface area contributed by atoms with Gasteiger partial charge in [0.15, 0.2) is 0 Å². The number of nitrogen functional groups attached to an aromatic ring is 1. The first-order valence-corrected chi connectivity index (χ1v) is 5.74. The third-order valence-corrected chi connectivity index (χ3v) is 2.81.